The van der Waals surface area contributed by atoms with Crippen LogP contribution in [0.4, 0.5) is 0 Å². The number of likely N-dealkylation sites (tertiary alicyclic amines) is 1. The molecule has 128 valence electrons. The van der Waals surface area contributed by atoms with Crippen LogP contribution in [0, 0.1) is 0 Å². The molecule has 2 fully saturated rings. The lowest BCUT2D eigenvalue weighted by molar-refractivity contribution is -0.183. The molecule has 6 heteroatoms. The van der Waals surface area contributed by atoms with Gasteiger partial charge < -0.3 is 14.4 Å². The Hall–Kier alpha value is -1.40. The van der Waals surface area contributed by atoms with Crippen LogP contribution in [-0.4, -0.2) is 59.5 Å². The number of aromatic amines is 1. The third-order valence-corrected chi connectivity index (χ3v) is 5.14. The van der Waals surface area contributed by atoms with Crippen LogP contribution in [0.2, 0.25) is 0 Å². The topological polar surface area (TPSA) is 67.5 Å². The second kappa shape index (κ2) is 7.01. The molecule has 0 bridgehead atoms. The third-order valence-electron chi connectivity index (χ3n) is 5.14. The molecule has 1 aromatic heterocycles. The SMILES string of the molecule is CCCc1cc(C(=O)N2CCC3(CC2)OCCCC3OC)n[nH]1. The number of aryl methyl sites for hydroxylation is 1. The van der Waals surface area contributed by atoms with E-state index in [4.69, 9.17) is 9.47 Å². The van der Waals surface area contributed by atoms with Gasteiger partial charge in [-0.2, -0.15) is 5.10 Å². The van der Waals surface area contributed by atoms with E-state index in [1.54, 1.807) is 7.11 Å². The summed E-state index contributed by atoms with van der Waals surface area (Å²) >= 11 is 0. The number of hydrogen-bond donors (Lipinski definition) is 1. The van der Waals surface area contributed by atoms with Crippen LogP contribution in [0.3, 0.4) is 0 Å². The van der Waals surface area contributed by atoms with Crippen LogP contribution in [-0.2, 0) is 15.9 Å². The Bertz CT molecular complexity index is 535. The monoisotopic (exact) mass is 321 g/mol. The number of carbonyl (C=O) groups is 1. The first-order valence-corrected chi connectivity index (χ1v) is 8.69. The lowest BCUT2D eigenvalue weighted by Gasteiger charge is -2.47. The first kappa shape index (κ1) is 16.5. The van der Waals surface area contributed by atoms with Gasteiger partial charge in [0.25, 0.3) is 5.91 Å². The number of ether oxygens (including phenoxy) is 2. The summed E-state index contributed by atoms with van der Waals surface area (Å²) in [4.78, 5) is 14.5. The van der Waals surface area contributed by atoms with E-state index in [9.17, 15) is 4.79 Å². The summed E-state index contributed by atoms with van der Waals surface area (Å²) in [6, 6.07) is 1.88. The molecule has 0 aliphatic carbocycles. The average molecular weight is 321 g/mol. The zero-order chi connectivity index (χ0) is 16.3. The minimum Gasteiger partial charge on any atom is -0.378 e. The minimum atomic E-state index is -0.206. The minimum absolute atomic E-state index is 0.0169. The van der Waals surface area contributed by atoms with Gasteiger partial charge in [-0.05, 0) is 38.2 Å². The predicted octanol–water partition coefficient (Wildman–Crippen LogP) is 2.16. The van der Waals surface area contributed by atoms with Crippen molar-refractivity contribution < 1.29 is 14.3 Å². The molecule has 1 unspecified atom stereocenters. The van der Waals surface area contributed by atoms with Gasteiger partial charge in [-0.3, -0.25) is 9.89 Å². The van der Waals surface area contributed by atoms with E-state index in [0.717, 1.165) is 50.8 Å². The molecule has 1 atom stereocenters. The molecule has 1 amide bonds. The number of nitrogens with one attached hydrogen (secondary N) is 1. The Kier molecular flexibility index (Phi) is 5.02. The average Bonchev–Trinajstić information content (AvgIpc) is 3.04. The van der Waals surface area contributed by atoms with E-state index in [-0.39, 0.29) is 17.6 Å². The molecule has 6 nitrogen and oxygen atoms in total. The maximum absolute atomic E-state index is 12.6. The number of rotatable bonds is 4. The first-order valence-electron chi connectivity index (χ1n) is 8.69. The van der Waals surface area contributed by atoms with Gasteiger partial charge in [-0.25, -0.2) is 0 Å². The van der Waals surface area contributed by atoms with Crippen molar-refractivity contribution in [3.05, 3.63) is 17.5 Å². The van der Waals surface area contributed by atoms with Crippen LogP contribution in [0.5, 0.6) is 0 Å². The van der Waals surface area contributed by atoms with Gasteiger partial charge in [0, 0.05) is 32.5 Å². The number of methoxy groups -OCH3 is 1. The summed E-state index contributed by atoms with van der Waals surface area (Å²) < 4.78 is 11.7. The van der Waals surface area contributed by atoms with E-state index >= 15 is 0 Å². The van der Waals surface area contributed by atoms with Gasteiger partial charge in [-0.1, -0.05) is 13.3 Å². The number of carbonyl (C=O) groups excluding carboxylic acids is 1. The summed E-state index contributed by atoms with van der Waals surface area (Å²) in [5.41, 5.74) is 1.35. The fourth-order valence-electron chi connectivity index (χ4n) is 3.82. The maximum atomic E-state index is 12.6. The van der Waals surface area contributed by atoms with E-state index in [2.05, 4.69) is 17.1 Å². The van der Waals surface area contributed by atoms with Gasteiger partial charge in [0.2, 0.25) is 0 Å². The zero-order valence-corrected chi connectivity index (χ0v) is 14.1. The largest absolute Gasteiger partial charge is 0.378 e. The van der Waals surface area contributed by atoms with Gasteiger partial charge in [-0.15, -0.1) is 0 Å². The van der Waals surface area contributed by atoms with Crippen molar-refractivity contribution in [2.75, 3.05) is 26.8 Å². The smallest absolute Gasteiger partial charge is 0.274 e. The van der Waals surface area contributed by atoms with Crippen LogP contribution >= 0.6 is 0 Å². The molecule has 1 aromatic rings. The molecule has 0 aromatic carbocycles. The number of H-pyrrole nitrogens is 1. The molecule has 1 spiro atoms. The Morgan fingerprint density at radius 2 is 2.30 bits per heavy atom. The summed E-state index contributed by atoms with van der Waals surface area (Å²) in [7, 11) is 1.76. The molecule has 1 N–H and O–H groups in total. The predicted molar refractivity (Wildman–Crippen MR) is 86.4 cm³/mol. The number of aromatic nitrogens is 2. The van der Waals surface area contributed by atoms with Crippen molar-refractivity contribution >= 4 is 5.91 Å². The number of hydrogen-bond acceptors (Lipinski definition) is 4. The highest BCUT2D eigenvalue weighted by Gasteiger charge is 2.45. The highest BCUT2D eigenvalue weighted by molar-refractivity contribution is 5.92. The van der Waals surface area contributed by atoms with E-state index < -0.39 is 0 Å². The van der Waals surface area contributed by atoms with E-state index in [0.29, 0.717) is 18.8 Å². The normalized spacial score (nSPS) is 24.1. The standard InChI is InChI=1S/C17H27N3O3/c1-3-5-13-12-14(19-18-13)16(21)20-9-7-17(8-10-20)15(22-2)6-4-11-23-17/h12,15H,3-11H2,1-2H3,(H,18,19). The first-order chi connectivity index (χ1) is 11.2. The lowest BCUT2D eigenvalue weighted by Crippen LogP contribution is -2.56. The van der Waals surface area contributed by atoms with Crippen molar-refractivity contribution in [3.8, 4) is 0 Å². The Morgan fingerprint density at radius 1 is 1.52 bits per heavy atom. The van der Waals surface area contributed by atoms with Gasteiger partial charge >= 0.3 is 0 Å². The lowest BCUT2D eigenvalue weighted by atomic mass is 9.82. The molecule has 3 heterocycles. The van der Waals surface area contributed by atoms with Crippen molar-refractivity contribution in [1.29, 1.82) is 0 Å². The van der Waals surface area contributed by atoms with Crippen molar-refractivity contribution in [2.24, 2.45) is 0 Å². The molecule has 0 saturated carbocycles. The highest BCUT2D eigenvalue weighted by atomic mass is 16.5. The summed E-state index contributed by atoms with van der Waals surface area (Å²) in [5, 5.41) is 7.13. The van der Waals surface area contributed by atoms with Crippen LogP contribution in [0.25, 0.3) is 0 Å². The molecule has 2 saturated heterocycles. The molecule has 3 rings (SSSR count). The molecule has 2 aliphatic rings. The van der Waals surface area contributed by atoms with E-state index in [1.165, 1.54) is 0 Å². The second-order valence-corrected chi connectivity index (χ2v) is 6.60. The van der Waals surface area contributed by atoms with Gasteiger partial charge in [0.1, 0.15) is 5.69 Å². The van der Waals surface area contributed by atoms with Gasteiger partial charge in [0.05, 0.1) is 11.7 Å². The number of nitrogens with zero attached hydrogens (tertiary/aromatic N) is 2. The fourth-order valence-corrected chi connectivity index (χ4v) is 3.82. The van der Waals surface area contributed by atoms with Crippen molar-refractivity contribution in [2.45, 2.75) is 57.2 Å². The summed E-state index contributed by atoms with van der Waals surface area (Å²) in [6.07, 6.45) is 5.88. The maximum Gasteiger partial charge on any atom is 0.274 e. The quantitative estimate of drug-likeness (QED) is 0.923. The second-order valence-electron chi connectivity index (χ2n) is 6.60. The van der Waals surface area contributed by atoms with Crippen molar-refractivity contribution in [3.63, 3.8) is 0 Å². The van der Waals surface area contributed by atoms with Crippen LogP contribution in [0.1, 0.15) is 55.2 Å². The Labute approximate surface area is 137 Å². The Balaban J connectivity index is 1.62. The zero-order valence-electron chi connectivity index (χ0n) is 14.1. The van der Waals surface area contributed by atoms with Gasteiger partial charge in [0.15, 0.2) is 0 Å². The fraction of sp³-hybridized carbons (Fsp3) is 0.765. The van der Waals surface area contributed by atoms with Crippen LogP contribution in [0.15, 0.2) is 6.07 Å². The van der Waals surface area contributed by atoms with Crippen molar-refractivity contribution in [1.82, 2.24) is 15.1 Å². The molecule has 0 radical (unpaired) electrons. The van der Waals surface area contributed by atoms with Crippen LogP contribution < -0.4 is 0 Å². The molecule has 23 heavy (non-hydrogen) atoms. The molecule has 2 aliphatic heterocycles. The Morgan fingerprint density at radius 3 is 3.00 bits per heavy atom. The highest BCUT2D eigenvalue weighted by Crippen LogP contribution is 2.37. The number of piperidine rings is 1. The van der Waals surface area contributed by atoms with E-state index in [1.807, 2.05) is 11.0 Å². The third kappa shape index (κ3) is 3.28. The summed E-state index contributed by atoms with van der Waals surface area (Å²) in [5.74, 6) is 0.0169. The summed E-state index contributed by atoms with van der Waals surface area (Å²) in [6.45, 7) is 4.32. The molecular formula is C17H27N3O3. The number of amides is 1. The molecular weight excluding hydrogens is 294 g/mol.